The highest BCUT2D eigenvalue weighted by Gasteiger charge is 2.44. The predicted molar refractivity (Wildman–Crippen MR) is 118 cm³/mol. The Morgan fingerprint density at radius 2 is 1.74 bits per heavy atom. The highest BCUT2D eigenvalue weighted by atomic mass is 16.3. The van der Waals surface area contributed by atoms with E-state index >= 15 is 0 Å². The van der Waals surface area contributed by atoms with E-state index in [-0.39, 0.29) is 34.1 Å². The number of phenols is 1. The number of Topliss-reactive ketones (excluding diaryl/α,β-unsaturated/α-hetero) is 1. The van der Waals surface area contributed by atoms with Gasteiger partial charge in [-0.25, -0.2) is 0 Å². The fourth-order valence-electron chi connectivity index (χ4n) is 4.39. The average molecular weight is 421 g/mol. The summed E-state index contributed by atoms with van der Waals surface area (Å²) in [7, 11) is 3.20. The Kier molecular flexibility index (Phi) is 5.45. The van der Waals surface area contributed by atoms with Crippen LogP contribution in [0.4, 0.5) is 5.69 Å². The molecule has 0 saturated heterocycles. The van der Waals surface area contributed by atoms with Gasteiger partial charge in [0.1, 0.15) is 5.70 Å². The zero-order valence-electron chi connectivity index (χ0n) is 17.7. The van der Waals surface area contributed by atoms with Crippen molar-refractivity contribution in [2.24, 2.45) is 0 Å². The number of hydrogen-bond donors (Lipinski definition) is 4. The highest BCUT2D eigenvalue weighted by molar-refractivity contribution is 6.11. The number of aliphatic hydroxyl groups is 1. The summed E-state index contributed by atoms with van der Waals surface area (Å²) >= 11 is 0. The second-order valence-electron chi connectivity index (χ2n) is 8.36. The first-order valence-electron chi connectivity index (χ1n) is 10.4. The number of phenolic OH excluding ortho intramolecular Hbond substituents is 1. The van der Waals surface area contributed by atoms with Gasteiger partial charge >= 0.3 is 0 Å². The Morgan fingerprint density at radius 1 is 1.06 bits per heavy atom. The summed E-state index contributed by atoms with van der Waals surface area (Å²) in [5.74, 6) is -1.03. The monoisotopic (exact) mass is 421 g/mol. The normalized spacial score (nSPS) is 19.7. The first kappa shape index (κ1) is 20.9. The molecule has 162 valence electrons. The minimum Gasteiger partial charge on any atom is -0.505 e. The molecule has 7 heteroatoms. The second kappa shape index (κ2) is 8.07. The second-order valence-corrected chi connectivity index (χ2v) is 8.36. The first-order chi connectivity index (χ1) is 14.8. The zero-order valence-corrected chi connectivity index (χ0v) is 17.7. The van der Waals surface area contributed by atoms with Crippen molar-refractivity contribution in [1.82, 2.24) is 10.2 Å². The van der Waals surface area contributed by atoms with Crippen LogP contribution >= 0.6 is 0 Å². The molecule has 0 spiro atoms. The molecule has 1 saturated carbocycles. The van der Waals surface area contributed by atoms with E-state index in [4.69, 9.17) is 0 Å². The fourth-order valence-corrected chi connectivity index (χ4v) is 4.39. The molecule has 1 unspecified atom stereocenters. The lowest BCUT2D eigenvalue weighted by molar-refractivity contribution is -0.124. The van der Waals surface area contributed by atoms with Crippen LogP contribution in [0.3, 0.4) is 0 Å². The zero-order chi connectivity index (χ0) is 22.2. The molecule has 2 aromatic rings. The molecule has 0 aromatic heterocycles. The Labute approximate surface area is 181 Å². The number of benzene rings is 2. The third-order valence-electron chi connectivity index (χ3n) is 6.13. The lowest BCUT2D eigenvalue weighted by Gasteiger charge is -2.39. The van der Waals surface area contributed by atoms with E-state index in [0.29, 0.717) is 5.70 Å². The van der Waals surface area contributed by atoms with Gasteiger partial charge in [-0.1, -0.05) is 49.2 Å². The average Bonchev–Trinajstić information content (AvgIpc) is 3.27. The van der Waals surface area contributed by atoms with E-state index in [1.54, 1.807) is 26.2 Å². The van der Waals surface area contributed by atoms with Gasteiger partial charge in [-0.2, -0.15) is 0 Å². The molecule has 1 fully saturated rings. The number of nitrogens with one attached hydrogen (secondary N) is 2. The van der Waals surface area contributed by atoms with Crippen LogP contribution < -0.4 is 10.6 Å². The van der Waals surface area contributed by atoms with Crippen LogP contribution in [-0.4, -0.2) is 47.0 Å². The summed E-state index contributed by atoms with van der Waals surface area (Å²) < 4.78 is 0. The van der Waals surface area contributed by atoms with Crippen molar-refractivity contribution >= 4 is 17.4 Å². The molecular formula is C24H27N3O4. The predicted octanol–water partition coefficient (Wildman–Crippen LogP) is 2.72. The minimum absolute atomic E-state index is 0.133. The van der Waals surface area contributed by atoms with Gasteiger partial charge in [0.25, 0.3) is 5.91 Å². The third kappa shape index (κ3) is 3.65. The van der Waals surface area contributed by atoms with Crippen molar-refractivity contribution in [3.63, 3.8) is 0 Å². The SMILES string of the molecule is CN(C)C(=O)c1cccc(NC2=C(NC3(c4ccccc4)CCCC3)C(O)C2=O)c1O. The van der Waals surface area contributed by atoms with Crippen LogP contribution in [0.2, 0.25) is 0 Å². The molecule has 1 atom stereocenters. The summed E-state index contributed by atoms with van der Waals surface area (Å²) in [5.41, 5.74) is 1.76. The van der Waals surface area contributed by atoms with Crippen LogP contribution in [0, 0.1) is 0 Å². The van der Waals surface area contributed by atoms with Crippen LogP contribution in [0.25, 0.3) is 0 Å². The summed E-state index contributed by atoms with van der Waals surface area (Å²) in [4.78, 5) is 26.1. The van der Waals surface area contributed by atoms with E-state index in [0.717, 1.165) is 31.2 Å². The molecule has 2 aliphatic carbocycles. The van der Waals surface area contributed by atoms with Crippen molar-refractivity contribution in [1.29, 1.82) is 0 Å². The van der Waals surface area contributed by atoms with Gasteiger partial charge in [0.05, 0.1) is 22.5 Å². The lowest BCUT2D eigenvalue weighted by Crippen LogP contribution is -2.52. The van der Waals surface area contributed by atoms with E-state index in [1.165, 1.54) is 11.0 Å². The summed E-state index contributed by atoms with van der Waals surface area (Å²) in [5, 5.41) is 27.4. The van der Waals surface area contributed by atoms with Gasteiger partial charge in [0, 0.05) is 14.1 Å². The highest BCUT2D eigenvalue weighted by Crippen LogP contribution is 2.42. The van der Waals surface area contributed by atoms with Crippen molar-refractivity contribution in [2.45, 2.75) is 37.3 Å². The smallest absolute Gasteiger partial charge is 0.257 e. The largest absolute Gasteiger partial charge is 0.505 e. The number of rotatable bonds is 6. The minimum atomic E-state index is -1.24. The van der Waals surface area contributed by atoms with Gasteiger partial charge in [0.15, 0.2) is 11.9 Å². The van der Waals surface area contributed by atoms with Gasteiger partial charge in [0.2, 0.25) is 5.78 Å². The summed E-state index contributed by atoms with van der Waals surface area (Å²) in [6, 6.07) is 14.8. The maximum atomic E-state index is 12.5. The third-order valence-corrected chi connectivity index (χ3v) is 6.13. The van der Waals surface area contributed by atoms with Gasteiger partial charge in [-0.3, -0.25) is 9.59 Å². The standard InChI is InChI=1S/C24H27N3O4/c1-27(2)23(31)16-11-8-12-17(20(16)28)25-18-19(22(30)21(18)29)26-24(13-6-7-14-24)15-9-4-3-5-10-15/h3-5,8-12,22,25-26,28,30H,6-7,13-14H2,1-2H3. The molecule has 0 radical (unpaired) electrons. The number of aromatic hydroxyl groups is 1. The lowest BCUT2D eigenvalue weighted by atomic mass is 9.84. The van der Waals surface area contributed by atoms with Crippen LogP contribution in [-0.2, 0) is 10.3 Å². The van der Waals surface area contributed by atoms with Crippen LogP contribution in [0.15, 0.2) is 59.9 Å². The Morgan fingerprint density at radius 3 is 2.39 bits per heavy atom. The molecule has 31 heavy (non-hydrogen) atoms. The van der Waals surface area contributed by atoms with Gasteiger partial charge in [-0.15, -0.1) is 0 Å². The number of aliphatic hydroxyl groups excluding tert-OH is 1. The quantitative estimate of drug-likeness (QED) is 0.535. The van der Waals surface area contributed by atoms with Crippen LogP contribution in [0.1, 0.15) is 41.6 Å². The number of anilines is 1. The maximum absolute atomic E-state index is 12.5. The molecule has 4 N–H and O–H groups in total. The molecular weight excluding hydrogens is 394 g/mol. The fraction of sp³-hybridized carbons (Fsp3) is 0.333. The van der Waals surface area contributed by atoms with Crippen molar-refractivity contribution in [2.75, 3.05) is 19.4 Å². The first-order valence-corrected chi connectivity index (χ1v) is 10.4. The van der Waals surface area contributed by atoms with Gasteiger partial charge < -0.3 is 25.7 Å². The maximum Gasteiger partial charge on any atom is 0.257 e. The Balaban J connectivity index is 1.67. The molecule has 2 aliphatic rings. The van der Waals surface area contributed by atoms with E-state index in [9.17, 15) is 19.8 Å². The Hall–Kier alpha value is -3.32. The molecule has 1 amide bonds. The molecule has 4 rings (SSSR count). The number of para-hydroxylation sites is 1. The topological polar surface area (TPSA) is 102 Å². The molecule has 0 heterocycles. The number of amides is 1. The van der Waals surface area contributed by atoms with Crippen LogP contribution in [0.5, 0.6) is 5.75 Å². The molecule has 0 aliphatic heterocycles. The number of hydrogen-bond acceptors (Lipinski definition) is 6. The van der Waals surface area contributed by atoms with Gasteiger partial charge in [-0.05, 0) is 30.5 Å². The Bertz CT molecular complexity index is 1040. The molecule has 2 aromatic carbocycles. The number of ketones is 1. The molecule has 7 nitrogen and oxygen atoms in total. The summed E-state index contributed by atoms with van der Waals surface area (Å²) in [6.45, 7) is 0. The van der Waals surface area contributed by atoms with Crippen molar-refractivity contribution in [3.05, 3.63) is 71.1 Å². The van der Waals surface area contributed by atoms with Crippen molar-refractivity contribution < 1.29 is 19.8 Å². The van der Waals surface area contributed by atoms with E-state index < -0.39 is 11.9 Å². The van der Waals surface area contributed by atoms with E-state index in [1.807, 2.05) is 18.2 Å². The van der Waals surface area contributed by atoms with Crippen molar-refractivity contribution in [3.8, 4) is 5.75 Å². The number of carbonyl (C=O) groups excluding carboxylic acids is 2. The summed E-state index contributed by atoms with van der Waals surface area (Å²) in [6.07, 6.45) is 2.66. The van der Waals surface area contributed by atoms with E-state index in [2.05, 4.69) is 22.8 Å². The molecule has 0 bridgehead atoms. The number of carbonyl (C=O) groups is 2. The number of nitrogens with zero attached hydrogens (tertiary/aromatic N) is 1.